The van der Waals surface area contributed by atoms with E-state index in [1.807, 2.05) is 13.0 Å². The first-order chi connectivity index (χ1) is 20.3. The fourth-order valence-electron chi connectivity index (χ4n) is 4.60. The maximum Gasteiger partial charge on any atom is 0.306 e. The Kier molecular flexibility index (Phi) is 22.4. The molecule has 4 N–H and O–H groups in total. The Labute approximate surface area is 252 Å². The average molecular weight is 601 g/mol. The van der Waals surface area contributed by atoms with Gasteiger partial charge < -0.3 is 39.4 Å². The standard InChI is InChI=1S/C32H56O10/c1-3-5-7-9-11-13-15-17-19-21-28(35)41-25(23-39-27(34)20-18-16-14-12-10-8-6-4-2)24-40-32-31(38)30(37)29(36)26(22-33)42-32/h4-7,25-26,29-33,36-38H,3,8-24H2,1-2H3/b6-4-,7-5+/t25-,26-,29+,30+,31-,32-/m1/s1. The molecule has 10 heteroatoms. The lowest BCUT2D eigenvalue weighted by Gasteiger charge is -2.39. The van der Waals surface area contributed by atoms with E-state index in [0.29, 0.717) is 12.8 Å². The number of ether oxygens (including phenoxy) is 4. The molecular weight excluding hydrogens is 544 g/mol. The molecule has 1 fully saturated rings. The molecule has 0 aromatic heterocycles. The van der Waals surface area contributed by atoms with E-state index in [1.165, 1.54) is 0 Å². The lowest BCUT2D eigenvalue weighted by molar-refractivity contribution is -0.305. The summed E-state index contributed by atoms with van der Waals surface area (Å²) in [5, 5.41) is 39.6. The van der Waals surface area contributed by atoms with E-state index in [-0.39, 0.29) is 26.1 Å². The third-order valence-corrected chi connectivity index (χ3v) is 7.16. The second kappa shape index (κ2) is 24.6. The van der Waals surface area contributed by atoms with Crippen molar-refractivity contribution >= 4 is 11.9 Å². The summed E-state index contributed by atoms with van der Waals surface area (Å²) >= 11 is 0. The fraction of sp³-hybridized carbons (Fsp3) is 0.812. The number of rotatable bonds is 24. The van der Waals surface area contributed by atoms with Crippen molar-refractivity contribution < 1.29 is 49.0 Å². The lowest BCUT2D eigenvalue weighted by atomic mass is 9.99. The molecule has 6 atom stereocenters. The first-order valence-corrected chi connectivity index (χ1v) is 15.9. The van der Waals surface area contributed by atoms with Crippen LogP contribution >= 0.6 is 0 Å². The van der Waals surface area contributed by atoms with Gasteiger partial charge in [0.15, 0.2) is 12.4 Å². The summed E-state index contributed by atoms with van der Waals surface area (Å²) in [5.74, 6) is -0.844. The van der Waals surface area contributed by atoms with Crippen LogP contribution in [0.15, 0.2) is 24.3 Å². The average Bonchev–Trinajstić information content (AvgIpc) is 2.98. The SMILES string of the molecule is C/C=C\CCCCCCCC(=O)OC[C@H](CO[C@@H]1O[C@H](CO)[C@H](O)[C@H](O)[C@H]1O)OC(=O)CCCCCCC/C=C/CC. The van der Waals surface area contributed by atoms with Gasteiger partial charge in [0.25, 0.3) is 0 Å². The predicted octanol–water partition coefficient (Wildman–Crippen LogP) is 4.26. The van der Waals surface area contributed by atoms with Gasteiger partial charge in [0.05, 0.1) is 13.2 Å². The van der Waals surface area contributed by atoms with Gasteiger partial charge in [-0.05, 0) is 51.9 Å². The minimum absolute atomic E-state index is 0.217. The number of esters is 2. The van der Waals surface area contributed by atoms with Crippen molar-refractivity contribution in [2.45, 2.75) is 147 Å². The molecular formula is C32H56O10. The van der Waals surface area contributed by atoms with Gasteiger partial charge in [-0.25, -0.2) is 0 Å². The molecule has 0 saturated carbocycles. The molecule has 0 radical (unpaired) electrons. The van der Waals surface area contributed by atoms with Gasteiger partial charge in [0.1, 0.15) is 31.0 Å². The van der Waals surface area contributed by atoms with Crippen LogP contribution in [0, 0.1) is 0 Å². The predicted molar refractivity (Wildman–Crippen MR) is 159 cm³/mol. The molecule has 42 heavy (non-hydrogen) atoms. The number of aliphatic hydroxyl groups is 4. The largest absolute Gasteiger partial charge is 0.462 e. The maximum atomic E-state index is 12.5. The monoisotopic (exact) mass is 600 g/mol. The third kappa shape index (κ3) is 17.3. The number of hydrogen-bond acceptors (Lipinski definition) is 10. The van der Waals surface area contributed by atoms with Crippen LogP contribution in [-0.2, 0) is 28.5 Å². The summed E-state index contributed by atoms with van der Waals surface area (Å²) in [5.41, 5.74) is 0. The van der Waals surface area contributed by atoms with E-state index in [4.69, 9.17) is 18.9 Å². The molecule has 0 unspecified atom stereocenters. The lowest BCUT2D eigenvalue weighted by Crippen LogP contribution is -2.59. The second-order valence-corrected chi connectivity index (χ2v) is 10.9. The van der Waals surface area contributed by atoms with Gasteiger partial charge in [-0.15, -0.1) is 0 Å². The molecule has 0 aromatic carbocycles. The van der Waals surface area contributed by atoms with Crippen molar-refractivity contribution in [3.05, 3.63) is 24.3 Å². The molecule has 1 heterocycles. The van der Waals surface area contributed by atoms with Crippen molar-refractivity contribution in [2.75, 3.05) is 19.8 Å². The van der Waals surface area contributed by atoms with Crippen LogP contribution in [0.25, 0.3) is 0 Å². The van der Waals surface area contributed by atoms with Crippen LogP contribution < -0.4 is 0 Å². The number of carbonyl (C=O) groups excluding carboxylic acids is 2. The zero-order valence-electron chi connectivity index (χ0n) is 25.7. The number of hydrogen-bond donors (Lipinski definition) is 4. The second-order valence-electron chi connectivity index (χ2n) is 10.9. The topological polar surface area (TPSA) is 152 Å². The number of unbranched alkanes of at least 4 members (excludes halogenated alkanes) is 10. The highest BCUT2D eigenvalue weighted by atomic mass is 16.7. The van der Waals surface area contributed by atoms with E-state index in [0.717, 1.165) is 70.6 Å². The smallest absolute Gasteiger partial charge is 0.306 e. The molecule has 0 bridgehead atoms. The van der Waals surface area contributed by atoms with Crippen molar-refractivity contribution in [3.63, 3.8) is 0 Å². The highest BCUT2D eigenvalue weighted by molar-refractivity contribution is 5.70. The zero-order chi connectivity index (χ0) is 31.0. The molecule has 1 aliphatic heterocycles. The number of carbonyl (C=O) groups is 2. The van der Waals surface area contributed by atoms with Crippen molar-refractivity contribution in [1.29, 1.82) is 0 Å². The van der Waals surface area contributed by atoms with E-state index < -0.39 is 55.4 Å². The first-order valence-electron chi connectivity index (χ1n) is 15.9. The Morgan fingerprint density at radius 1 is 0.762 bits per heavy atom. The molecule has 0 aliphatic carbocycles. The van der Waals surface area contributed by atoms with Gasteiger partial charge in [-0.2, -0.15) is 0 Å². The zero-order valence-corrected chi connectivity index (χ0v) is 25.7. The Bertz CT molecular complexity index is 754. The molecule has 0 spiro atoms. The van der Waals surface area contributed by atoms with Gasteiger partial charge in [0.2, 0.25) is 0 Å². The summed E-state index contributed by atoms with van der Waals surface area (Å²) in [6.45, 7) is 3.03. The summed E-state index contributed by atoms with van der Waals surface area (Å²) in [6, 6.07) is 0. The van der Waals surface area contributed by atoms with Crippen LogP contribution in [0.2, 0.25) is 0 Å². The first kappa shape index (κ1) is 38.2. The molecule has 0 aromatic rings. The van der Waals surface area contributed by atoms with Crippen molar-refractivity contribution in [1.82, 2.24) is 0 Å². The van der Waals surface area contributed by atoms with Crippen molar-refractivity contribution in [3.8, 4) is 0 Å². The van der Waals surface area contributed by atoms with Crippen LogP contribution in [0.4, 0.5) is 0 Å². The quantitative estimate of drug-likeness (QED) is 0.0718. The van der Waals surface area contributed by atoms with Gasteiger partial charge >= 0.3 is 11.9 Å². The van der Waals surface area contributed by atoms with Crippen LogP contribution in [0.1, 0.15) is 110 Å². The Balaban J connectivity index is 2.50. The minimum Gasteiger partial charge on any atom is -0.462 e. The van der Waals surface area contributed by atoms with E-state index in [9.17, 15) is 30.0 Å². The van der Waals surface area contributed by atoms with Crippen LogP contribution in [-0.4, -0.2) is 89.0 Å². The molecule has 1 saturated heterocycles. The summed E-state index contributed by atoms with van der Waals surface area (Å²) in [7, 11) is 0. The molecule has 0 amide bonds. The number of allylic oxidation sites excluding steroid dienone is 4. The maximum absolute atomic E-state index is 12.5. The van der Waals surface area contributed by atoms with Gasteiger partial charge in [-0.3, -0.25) is 9.59 Å². The highest BCUT2D eigenvalue weighted by Gasteiger charge is 2.44. The van der Waals surface area contributed by atoms with Crippen LogP contribution in [0.5, 0.6) is 0 Å². The molecule has 10 nitrogen and oxygen atoms in total. The third-order valence-electron chi connectivity index (χ3n) is 7.16. The normalized spacial score (nSPS) is 23.4. The highest BCUT2D eigenvalue weighted by Crippen LogP contribution is 2.22. The van der Waals surface area contributed by atoms with Crippen molar-refractivity contribution in [2.24, 2.45) is 0 Å². The van der Waals surface area contributed by atoms with E-state index >= 15 is 0 Å². The van der Waals surface area contributed by atoms with E-state index in [1.54, 1.807) is 0 Å². The summed E-state index contributed by atoms with van der Waals surface area (Å²) < 4.78 is 21.8. The molecule has 244 valence electrons. The molecule has 1 aliphatic rings. The van der Waals surface area contributed by atoms with E-state index in [2.05, 4.69) is 25.2 Å². The fourth-order valence-corrected chi connectivity index (χ4v) is 4.60. The van der Waals surface area contributed by atoms with Gasteiger partial charge in [-0.1, -0.05) is 69.8 Å². The summed E-state index contributed by atoms with van der Waals surface area (Å²) in [6.07, 6.45) is 13.9. The Hall–Kier alpha value is -1.82. The molecule has 1 rings (SSSR count). The minimum atomic E-state index is -1.59. The summed E-state index contributed by atoms with van der Waals surface area (Å²) in [4.78, 5) is 24.8. The van der Waals surface area contributed by atoms with Crippen LogP contribution in [0.3, 0.4) is 0 Å². The Morgan fingerprint density at radius 2 is 1.36 bits per heavy atom. The Morgan fingerprint density at radius 3 is 1.98 bits per heavy atom. The van der Waals surface area contributed by atoms with Gasteiger partial charge in [0, 0.05) is 12.8 Å². The number of aliphatic hydroxyl groups excluding tert-OH is 4.